The summed E-state index contributed by atoms with van der Waals surface area (Å²) in [6.07, 6.45) is 1.66. The molecule has 0 saturated carbocycles. The van der Waals surface area contributed by atoms with Gasteiger partial charge in [-0.2, -0.15) is 5.10 Å². The SMILES string of the molecule is Cc1ccc(C(=O)C(CN(N=Cc2ccccc2)C(=O)c2ccccc2)c2ccc(C)cc2)cc1. The number of aryl methyl sites for hydroxylation is 2. The Morgan fingerprint density at radius 1 is 0.714 bits per heavy atom. The quantitative estimate of drug-likeness (QED) is 0.172. The lowest BCUT2D eigenvalue weighted by Crippen LogP contribution is -2.33. The second-order valence-corrected chi connectivity index (χ2v) is 8.60. The number of rotatable bonds is 8. The van der Waals surface area contributed by atoms with Crippen molar-refractivity contribution in [3.05, 3.63) is 143 Å². The first-order valence-corrected chi connectivity index (χ1v) is 11.6. The Kier molecular flexibility index (Phi) is 7.63. The maximum atomic E-state index is 13.7. The van der Waals surface area contributed by atoms with Crippen LogP contribution in [-0.4, -0.2) is 29.5 Å². The summed E-state index contributed by atoms with van der Waals surface area (Å²) in [7, 11) is 0. The van der Waals surface area contributed by atoms with E-state index in [-0.39, 0.29) is 18.2 Å². The van der Waals surface area contributed by atoms with Gasteiger partial charge < -0.3 is 0 Å². The van der Waals surface area contributed by atoms with Crippen molar-refractivity contribution < 1.29 is 9.59 Å². The van der Waals surface area contributed by atoms with Gasteiger partial charge in [0.2, 0.25) is 0 Å². The summed E-state index contributed by atoms with van der Waals surface area (Å²) in [5.41, 5.74) is 5.04. The van der Waals surface area contributed by atoms with Crippen LogP contribution >= 0.6 is 0 Å². The molecular weight excluding hydrogens is 432 g/mol. The first-order chi connectivity index (χ1) is 17.0. The summed E-state index contributed by atoms with van der Waals surface area (Å²) in [5, 5.41) is 5.95. The third-order valence-corrected chi connectivity index (χ3v) is 5.89. The van der Waals surface area contributed by atoms with Crippen LogP contribution in [0.4, 0.5) is 0 Å². The van der Waals surface area contributed by atoms with Gasteiger partial charge in [-0.3, -0.25) is 9.59 Å². The summed E-state index contributed by atoms with van der Waals surface area (Å²) in [5.74, 6) is -0.875. The van der Waals surface area contributed by atoms with Crippen molar-refractivity contribution in [3.8, 4) is 0 Å². The van der Waals surface area contributed by atoms with E-state index in [0.717, 1.165) is 22.3 Å². The van der Waals surface area contributed by atoms with Crippen molar-refractivity contribution in [1.82, 2.24) is 5.01 Å². The largest absolute Gasteiger partial charge is 0.293 e. The minimum atomic E-state index is -0.570. The van der Waals surface area contributed by atoms with Gasteiger partial charge in [0.05, 0.1) is 18.7 Å². The molecule has 0 aliphatic rings. The van der Waals surface area contributed by atoms with Gasteiger partial charge in [-0.25, -0.2) is 5.01 Å². The van der Waals surface area contributed by atoms with E-state index in [4.69, 9.17) is 0 Å². The molecule has 4 rings (SSSR count). The van der Waals surface area contributed by atoms with Crippen LogP contribution < -0.4 is 0 Å². The minimum absolute atomic E-state index is 0.0466. The molecule has 174 valence electrons. The highest BCUT2D eigenvalue weighted by Gasteiger charge is 2.27. The molecule has 1 amide bonds. The number of hydrazone groups is 1. The van der Waals surface area contributed by atoms with Crippen molar-refractivity contribution in [1.29, 1.82) is 0 Å². The fourth-order valence-corrected chi connectivity index (χ4v) is 3.82. The smallest absolute Gasteiger partial charge is 0.273 e. The first kappa shape index (κ1) is 23.8. The van der Waals surface area contributed by atoms with Crippen LogP contribution in [0.2, 0.25) is 0 Å². The summed E-state index contributed by atoms with van der Waals surface area (Å²) in [6.45, 7) is 4.12. The van der Waals surface area contributed by atoms with Gasteiger partial charge in [-0.05, 0) is 37.1 Å². The Balaban J connectivity index is 1.72. The maximum Gasteiger partial charge on any atom is 0.273 e. The van der Waals surface area contributed by atoms with E-state index in [1.807, 2.05) is 111 Å². The summed E-state index contributed by atoms with van der Waals surface area (Å²) in [6, 6.07) is 34.1. The van der Waals surface area contributed by atoms with Crippen molar-refractivity contribution >= 4 is 17.9 Å². The number of hydrogen-bond acceptors (Lipinski definition) is 3. The van der Waals surface area contributed by atoms with Gasteiger partial charge in [-0.15, -0.1) is 0 Å². The molecule has 4 nitrogen and oxygen atoms in total. The highest BCUT2D eigenvalue weighted by molar-refractivity contribution is 6.02. The van der Waals surface area contributed by atoms with Crippen LogP contribution in [0.5, 0.6) is 0 Å². The lowest BCUT2D eigenvalue weighted by molar-refractivity contribution is 0.0736. The van der Waals surface area contributed by atoms with Crippen molar-refractivity contribution in [2.75, 3.05) is 6.54 Å². The number of nitrogens with zero attached hydrogens (tertiary/aromatic N) is 2. The predicted octanol–water partition coefficient (Wildman–Crippen LogP) is 6.45. The molecule has 1 atom stereocenters. The molecule has 0 fully saturated rings. The van der Waals surface area contributed by atoms with E-state index < -0.39 is 5.92 Å². The van der Waals surface area contributed by atoms with E-state index in [1.54, 1.807) is 18.3 Å². The number of hydrogen-bond donors (Lipinski definition) is 0. The summed E-state index contributed by atoms with van der Waals surface area (Å²) >= 11 is 0. The molecule has 4 heteroatoms. The molecule has 35 heavy (non-hydrogen) atoms. The first-order valence-electron chi connectivity index (χ1n) is 11.6. The monoisotopic (exact) mass is 460 g/mol. The Hall–Kier alpha value is -4.31. The van der Waals surface area contributed by atoms with Gasteiger partial charge in [-0.1, -0.05) is 108 Å². The molecule has 4 aromatic rings. The lowest BCUT2D eigenvalue weighted by Gasteiger charge is -2.24. The molecule has 0 aromatic heterocycles. The minimum Gasteiger partial charge on any atom is -0.293 e. The van der Waals surface area contributed by atoms with Crippen LogP contribution in [-0.2, 0) is 0 Å². The highest BCUT2D eigenvalue weighted by Crippen LogP contribution is 2.24. The summed E-state index contributed by atoms with van der Waals surface area (Å²) in [4.78, 5) is 27.2. The van der Waals surface area contributed by atoms with E-state index >= 15 is 0 Å². The van der Waals surface area contributed by atoms with Crippen molar-refractivity contribution in [2.45, 2.75) is 19.8 Å². The third kappa shape index (κ3) is 6.18. The zero-order valence-corrected chi connectivity index (χ0v) is 20.0. The topological polar surface area (TPSA) is 49.7 Å². The standard InChI is InChI=1S/C31H28N2O2/c1-23-13-17-26(18-14-23)29(30(34)27-19-15-24(2)16-20-27)22-33(31(35)28-11-7-4-8-12-28)32-21-25-9-5-3-6-10-25/h3-21,29H,22H2,1-2H3. The highest BCUT2D eigenvalue weighted by atomic mass is 16.2. The molecule has 0 N–H and O–H groups in total. The number of Topliss-reactive ketones (excluding diaryl/α,β-unsaturated/α-hetero) is 1. The molecule has 0 saturated heterocycles. The number of carbonyl (C=O) groups is 2. The van der Waals surface area contributed by atoms with Gasteiger partial charge in [0.1, 0.15) is 0 Å². The average molecular weight is 461 g/mol. The molecule has 0 aliphatic carbocycles. The van der Waals surface area contributed by atoms with E-state index in [0.29, 0.717) is 11.1 Å². The van der Waals surface area contributed by atoms with Crippen LogP contribution in [0.25, 0.3) is 0 Å². The molecule has 0 spiro atoms. The van der Waals surface area contributed by atoms with E-state index in [2.05, 4.69) is 5.10 Å². The maximum absolute atomic E-state index is 13.7. The van der Waals surface area contributed by atoms with Crippen molar-refractivity contribution in [3.63, 3.8) is 0 Å². The van der Waals surface area contributed by atoms with Crippen LogP contribution in [0.1, 0.15) is 48.9 Å². The predicted molar refractivity (Wildman–Crippen MR) is 141 cm³/mol. The normalized spacial score (nSPS) is 11.8. The Morgan fingerprint density at radius 3 is 1.86 bits per heavy atom. The fourth-order valence-electron chi connectivity index (χ4n) is 3.82. The second kappa shape index (κ2) is 11.2. The Morgan fingerprint density at radius 2 is 1.26 bits per heavy atom. The van der Waals surface area contributed by atoms with E-state index in [9.17, 15) is 9.59 Å². The molecule has 0 heterocycles. The Labute approximate surface area is 206 Å². The van der Waals surface area contributed by atoms with Gasteiger partial charge in [0.15, 0.2) is 5.78 Å². The second-order valence-electron chi connectivity index (χ2n) is 8.60. The van der Waals surface area contributed by atoms with Crippen LogP contribution in [0.3, 0.4) is 0 Å². The number of carbonyl (C=O) groups excluding carboxylic acids is 2. The molecule has 0 radical (unpaired) electrons. The zero-order valence-electron chi connectivity index (χ0n) is 20.0. The van der Waals surface area contributed by atoms with Gasteiger partial charge in [0.25, 0.3) is 5.91 Å². The summed E-state index contributed by atoms with van der Waals surface area (Å²) < 4.78 is 0. The molecule has 4 aromatic carbocycles. The fraction of sp³-hybridized carbons (Fsp3) is 0.129. The van der Waals surface area contributed by atoms with Crippen LogP contribution in [0.15, 0.2) is 114 Å². The van der Waals surface area contributed by atoms with Gasteiger partial charge in [0, 0.05) is 11.1 Å². The van der Waals surface area contributed by atoms with Crippen molar-refractivity contribution in [2.24, 2.45) is 5.10 Å². The molecule has 1 unspecified atom stereocenters. The molecule has 0 bridgehead atoms. The molecular formula is C31H28N2O2. The number of amides is 1. The zero-order chi connectivity index (χ0) is 24.6. The third-order valence-electron chi connectivity index (χ3n) is 5.89. The van der Waals surface area contributed by atoms with Crippen LogP contribution in [0, 0.1) is 13.8 Å². The van der Waals surface area contributed by atoms with Gasteiger partial charge >= 0.3 is 0 Å². The van der Waals surface area contributed by atoms with E-state index in [1.165, 1.54) is 5.01 Å². The lowest BCUT2D eigenvalue weighted by atomic mass is 9.89. The molecule has 0 aliphatic heterocycles. The number of benzene rings is 4. The Bertz CT molecular complexity index is 1300. The number of ketones is 1. The average Bonchev–Trinajstić information content (AvgIpc) is 2.90.